The molecular weight excluding hydrogens is 310 g/mol. The first-order chi connectivity index (χ1) is 11.0. The third-order valence-corrected chi connectivity index (χ3v) is 5.40. The fourth-order valence-corrected chi connectivity index (χ4v) is 3.91. The minimum atomic E-state index is -0.0205. The van der Waals surface area contributed by atoms with E-state index in [4.69, 9.17) is 4.74 Å². The summed E-state index contributed by atoms with van der Waals surface area (Å²) < 4.78 is 7.55. The Hall–Kier alpha value is -1.95. The van der Waals surface area contributed by atoms with E-state index < -0.39 is 0 Å². The molecule has 122 valence electrons. The highest BCUT2D eigenvalue weighted by molar-refractivity contribution is 7.99. The van der Waals surface area contributed by atoms with E-state index in [-0.39, 0.29) is 18.6 Å². The van der Waals surface area contributed by atoms with Crippen LogP contribution in [0.25, 0.3) is 0 Å². The maximum absolute atomic E-state index is 12.7. The van der Waals surface area contributed by atoms with Crippen molar-refractivity contribution in [3.05, 3.63) is 35.7 Å². The number of rotatable bonds is 3. The number of nitrogens with zero attached hydrogens (tertiary/aromatic N) is 3. The molecule has 0 saturated carbocycles. The Labute approximate surface area is 140 Å². The minimum absolute atomic E-state index is 0.0205. The lowest BCUT2D eigenvalue weighted by atomic mass is 10.2. The quantitative estimate of drug-likeness (QED) is 0.867. The zero-order valence-electron chi connectivity index (χ0n) is 13.9. The molecule has 1 aliphatic rings. The number of aryl methyl sites for hydroxylation is 2. The summed E-state index contributed by atoms with van der Waals surface area (Å²) in [5.41, 5.74) is 2.71. The van der Waals surface area contributed by atoms with Gasteiger partial charge in [-0.05, 0) is 32.9 Å². The first-order valence-electron chi connectivity index (χ1n) is 7.66. The third-order valence-electron chi connectivity index (χ3n) is 4.10. The molecule has 1 aromatic heterocycles. The smallest absolute Gasteiger partial charge is 0.265 e. The van der Waals surface area contributed by atoms with Gasteiger partial charge in [-0.2, -0.15) is 5.10 Å². The third kappa shape index (κ3) is 2.95. The number of benzene rings is 1. The number of carbonyl (C=O) groups is 1. The highest BCUT2D eigenvalue weighted by Crippen LogP contribution is 2.37. The molecule has 0 fully saturated rings. The molecule has 1 unspecified atom stereocenters. The summed E-state index contributed by atoms with van der Waals surface area (Å²) in [6.07, 6.45) is 0. The number of para-hydroxylation sites is 1. The van der Waals surface area contributed by atoms with E-state index >= 15 is 0 Å². The van der Waals surface area contributed by atoms with Crippen LogP contribution in [0.5, 0.6) is 5.75 Å². The molecule has 0 aliphatic carbocycles. The summed E-state index contributed by atoms with van der Waals surface area (Å²) in [6.45, 7) is 5.93. The summed E-state index contributed by atoms with van der Waals surface area (Å²) in [4.78, 5) is 15.7. The van der Waals surface area contributed by atoms with Gasteiger partial charge in [0, 0.05) is 23.7 Å². The van der Waals surface area contributed by atoms with Crippen LogP contribution in [-0.4, -0.2) is 34.1 Å². The number of aromatic nitrogens is 2. The van der Waals surface area contributed by atoms with Crippen LogP contribution in [0.4, 0.5) is 5.69 Å². The summed E-state index contributed by atoms with van der Waals surface area (Å²) >= 11 is 1.79. The van der Waals surface area contributed by atoms with E-state index in [1.165, 1.54) is 0 Å². The minimum Gasteiger partial charge on any atom is -0.480 e. The predicted octanol–water partition coefficient (Wildman–Crippen LogP) is 2.94. The number of hydrogen-bond donors (Lipinski definition) is 0. The van der Waals surface area contributed by atoms with Gasteiger partial charge in [-0.3, -0.25) is 9.48 Å². The van der Waals surface area contributed by atoms with Gasteiger partial charge in [0.25, 0.3) is 5.91 Å². The van der Waals surface area contributed by atoms with Crippen LogP contribution in [0.15, 0.2) is 29.2 Å². The maximum Gasteiger partial charge on any atom is 0.265 e. The van der Waals surface area contributed by atoms with Crippen molar-refractivity contribution in [2.75, 3.05) is 17.3 Å². The molecule has 0 spiro atoms. The molecule has 0 bridgehead atoms. The Bertz CT molecular complexity index is 741. The summed E-state index contributed by atoms with van der Waals surface area (Å²) in [5.74, 6) is 1.58. The maximum atomic E-state index is 12.7. The average molecular weight is 331 g/mol. The number of anilines is 1. The highest BCUT2D eigenvalue weighted by Gasteiger charge is 2.29. The van der Waals surface area contributed by atoms with Crippen LogP contribution in [0, 0.1) is 13.8 Å². The van der Waals surface area contributed by atoms with Crippen LogP contribution in [-0.2, 0) is 11.8 Å². The lowest BCUT2D eigenvalue weighted by molar-refractivity contribution is -0.121. The standard InChI is InChI=1S/C17H21N3O2S/c1-11-10-23-15-8-6-5-7-14(15)20(11)16(21)9-22-17-12(2)18-19(4)13(17)3/h5-8,11H,9-10H2,1-4H3. The van der Waals surface area contributed by atoms with Crippen molar-refractivity contribution in [1.82, 2.24) is 9.78 Å². The lowest BCUT2D eigenvalue weighted by Crippen LogP contribution is -2.44. The van der Waals surface area contributed by atoms with E-state index in [0.717, 1.165) is 27.7 Å². The molecule has 6 heteroatoms. The van der Waals surface area contributed by atoms with E-state index in [9.17, 15) is 4.79 Å². The Kier molecular flexibility index (Phi) is 4.35. The number of amides is 1. The summed E-state index contributed by atoms with van der Waals surface area (Å²) in [6, 6.07) is 8.18. The van der Waals surface area contributed by atoms with E-state index in [1.54, 1.807) is 16.4 Å². The molecule has 1 aromatic carbocycles. The van der Waals surface area contributed by atoms with Gasteiger partial charge in [-0.25, -0.2) is 0 Å². The van der Waals surface area contributed by atoms with Crippen molar-refractivity contribution >= 4 is 23.4 Å². The molecule has 0 N–H and O–H groups in total. The average Bonchev–Trinajstić information content (AvgIpc) is 2.77. The normalized spacial score (nSPS) is 17.0. The molecule has 0 radical (unpaired) electrons. The molecule has 1 amide bonds. The number of hydrogen-bond acceptors (Lipinski definition) is 4. The van der Waals surface area contributed by atoms with Crippen LogP contribution < -0.4 is 9.64 Å². The molecular formula is C17H21N3O2S. The first kappa shape index (κ1) is 15.9. The number of carbonyl (C=O) groups excluding carboxylic acids is 1. The number of fused-ring (bicyclic) bond motifs is 1. The van der Waals surface area contributed by atoms with E-state index in [1.807, 2.05) is 44.0 Å². The van der Waals surface area contributed by atoms with Gasteiger partial charge in [0.05, 0.1) is 11.4 Å². The van der Waals surface area contributed by atoms with Crippen molar-refractivity contribution < 1.29 is 9.53 Å². The van der Waals surface area contributed by atoms with Gasteiger partial charge in [0.15, 0.2) is 12.4 Å². The van der Waals surface area contributed by atoms with Crippen molar-refractivity contribution in [2.24, 2.45) is 7.05 Å². The first-order valence-corrected chi connectivity index (χ1v) is 8.64. The van der Waals surface area contributed by atoms with Gasteiger partial charge in [0.2, 0.25) is 0 Å². The van der Waals surface area contributed by atoms with Gasteiger partial charge in [-0.15, -0.1) is 11.8 Å². The van der Waals surface area contributed by atoms with Crippen molar-refractivity contribution in [2.45, 2.75) is 31.7 Å². The Morgan fingerprint density at radius 2 is 2.13 bits per heavy atom. The van der Waals surface area contributed by atoms with Crippen LogP contribution in [0.3, 0.4) is 0 Å². The Balaban J connectivity index is 1.78. The van der Waals surface area contributed by atoms with Crippen LogP contribution in [0.2, 0.25) is 0 Å². The SMILES string of the molecule is Cc1nn(C)c(C)c1OCC(=O)N1c2ccccc2SCC1C. The van der Waals surface area contributed by atoms with E-state index in [2.05, 4.69) is 18.1 Å². The molecule has 1 atom stereocenters. The second-order valence-electron chi connectivity index (χ2n) is 5.80. The molecule has 3 rings (SSSR count). The Morgan fingerprint density at radius 3 is 2.83 bits per heavy atom. The van der Waals surface area contributed by atoms with Crippen LogP contribution in [0.1, 0.15) is 18.3 Å². The molecule has 23 heavy (non-hydrogen) atoms. The van der Waals surface area contributed by atoms with Gasteiger partial charge >= 0.3 is 0 Å². The summed E-state index contributed by atoms with van der Waals surface area (Å²) in [7, 11) is 1.87. The molecule has 5 nitrogen and oxygen atoms in total. The second-order valence-corrected chi connectivity index (χ2v) is 6.87. The molecule has 1 aliphatic heterocycles. The second kappa shape index (κ2) is 6.28. The number of thioether (sulfide) groups is 1. The fourth-order valence-electron chi connectivity index (χ4n) is 2.85. The van der Waals surface area contributed by atoms with Crippen LogP contribution >= 0.6 is 11.8 Å². The van der Waals surface area contributed by atoms with Crippen molar-refractivity contribution in [3.63, 3.8) is 0 Å². The molecule has 2 heterocycles. The molecule has 0 saturated heterocycles. The lowest BCUT2D eigenvalue weighted by Gasteiger charge is -2.34. The van der Waals surface area contributed by atoms with Crippen molar-refractivity contribution in [3.8, 4) is 5.75 Å². The largest absolute Gasteiger partial charge is 0.480 e. The molecule has 2 aromatic rings. The zero-order chi connectivity index (χ0) is 16.6. The predicted molar refractivity (Wildman–Crippen MR) is 92.3 cm³/mol. The highest BCUT2D eigenvalue weighted by atomic mass is 32.2. The zero-order valence-corrected chi connectivity index (χ0v) is 14.7. The van der Waals surface area contributed by atoms with Gasteiger partial charge in [-0.1, -0.05) is 12.1 Å². The fraction of sp³-hybridized carbons (Fsp3) is 0.412. The topological polar surface area (TPSA) is 47.4 Å². The number of ether oxygens (including phenoxy) is 1. The van der Waals surface area contributed by atoms with E-state index in [0.29, 0.717) is 5.75 Å². The monoisotopic (exact) mass is 331 g/mol. The van der Waals surface area contributed by atoms with Gasteiger partial charge < -0.3 is 9.64 Å². The summed E-state index contributed by atoms with van der Waals surface area (Å²) in [5, 5.41) is 4.32. The van der Waals surface area contributed by atoms with Crippen molar-refractivity contribution in [1.29, 1.82) is 0 Å². The Morgan fingerprint density at radius 1 is 1.39 bits per heavy atom. The van der Waals surface area contributed by atoms with Gasteiger partial charge in [0.1, 0.15) is 5.69 Å².